The van der Waals surface area contributed by atoms with Gasteiger partial charge in [0.25, 0.3) is 0 Å². The van der Waals surface area contributed by atoms with E-state index in [4.69, 9.17) is 36.3 Å². The first-order valence-corrected chi connectivity index (χ1v) is 13.2. The maximum atomic E-state index is 12.4. The Morgan fingerprint density at radius 2 is 1.28 bits per heavy atom. The van der Waals surface area contributed by atoms with Crippen LogP contribution < -0.4 is 32.3 Å². The molecule has 0 aliphatic heterocycles. The zero-order valence-electron chi connectivity index (χ0n) is 22.5. The molecule has 15 nitrogen and oxygen atoms in total. The zero-order valence-corrected chi connectivity index (χ0v) is 23.3. The SMILES string of the molecule is CC(=O)NCCOCCOCC(=O)NCCCCC(NC(=O)COCCOCCNC(=O)Cl)C(=O)NCCN. The topological polar surface area (TPSA) is 208 Å². The lowest BCUT2D eigenvalue weighted by atomic mass is 10.1. The van der Waals surface area contributed by atoms with Crippen molar-refractivity contribution in [1.29, 1.82) is 0 Å². The maximum absolute atomic E-state index is 12.4. The van der Waals surface area contributed by atoms with Gasteiger partial charge in [-0.3, -0.25) is 24.0 Å². The van der Waals surface area contributed by atoms with Crippen LogP contribution in [0.25, 0.3) is 0 Å². The number of amides is 5. The minimum Gasteiger partial charge on any atom is -0.377 e. The van der Waals surface area contributed by atoms with Crippen LogP contribution in [-0.4, -0.2) is 121 Å². The van der Waals surface area contributed by atoms with E-state index in [9.17, 15) is 24.0 Å². The molecule has 226 valence electrons. The number of carbonyl (C=O) groups is 5. The summed E-state index contributed by atoms with van der Waals surface area (Å²) in [7, 11) is 0. The first-order chi connectivity index (χ1) is 18.8. The minimum absolute atomic E-state index is 0.107. The third-order valence-corrected chi connectivity index (χ3v) is 4.81. The Morgan fingerprint density at radius 1 is 0.692 bits per heavy atom. The summed E-state index contributed by atoms with van der Waals surface area (Å²) in [5, 5.41) is 12.3. The Balaban J connectivity index is 4.04. The normalized spacial score (nSPS) is 11.4. The first kappa shape index (κ1) is 36.4. The van der Waals surface area contributed by atoms with E-state index in [0.717, 1.165) is 0 Å². The fourth-order valence-corrected chi connectivity index (χ4v) is 2.96. The van der Waals surface area contributed by atoms with Crippen LogP contribution in [0, 0.1) is 0 Å². The summed E-state index contributed by atoms with van der Waals surface area (Å²) >= 11 is 5.13. The average Bonchev–Trinajstić information content (AvgIpc) is 2.89. The number of ether oxygens (including phenoxy) is 4. The molecular formula is C23H43ClN6O9. The van der Waals surface area contributed by atoms with Gasteiger partial charge in [0.2, 0.25) is 23.6 Å². The standard InChI is InChI=1S/C23H43ClN6O9/c1-18(31)26-8-10-36-12-14-38-16-20(32)27-6-3-2-4-19(22(34)28-7-5-25)30-21(33)17-39-15-13-37-11-9-29-23(24)35/h19H,2-17,25H2,1H3,(H,26,31)(H,27,32)(H,28,34)(H,29,35)(H,30,33). The number of hydrogen-bond donors (Lipinski definition) is 6. The van der Waals surface area contributed by atoms with Crippen LogP contribution in [0.3, 0.4) is 0 Å². The molecule has 1 atom stereocenters. The Labute approximate surface area is 233 Å². The van der Waals surface area contributed by atoms with E-state index in [1.54, 1.807) is 0 Å². The number of halogens is 1. The van der Waals surface area contributed by atoms with Crippen LogP contribution >= 0.6 is 11.6 Å². The first-order valence-electron chi connectivity index (χ1n) is 12.8. The van der Waals surface area contributed by atoms with Gasteiger partial charge in [0.1, 0.15) is 19.3 Å². The molecule has 0 radical (unpaired) electrons. The minimum atomic E-state index is -0.771. The van der Waals surface area contributed by atoms with Gasteiger partial charge in [-0.05, 0) is 30.9 Å². The smallest absolute Gasteiger partial charge is 0.313 e. The molecule has 0 fully saturated rings. The second kappa shape index (κ2) is 25.7. The van der Waals surface area contributed by atoms with Crippen LogP contribution in [0.2, 0.25) is 0 Å². The van der Waals surface area contributed by atoms with Crippen molar-refractivity contribution in [2.75, 3.05) is 85.6 Å². The van der Waals surface area contributed by atoms with Gasteiger partial charge in [-0.2, -0.15) is 0 Å². The second-order valence-corrected chi connectivity index (χ2v) is 8.40. The lowest BCUT2D eigenvalue weighted by Crippen LogP contribution is -2.48. The van der Waals surface area contributed by atoms with Crippen molar-refractivity contribution in [2.24, 2.45) is 5.73 Å². The van der Waals surface area contributed by atoms with Gasteiger partial charge in [0.05, 0.1) is 39.6 Å². The highest BCUT2D eigenvalue weighted by Crippen LogP contribution is 2.02. The van der Waals surface area contributed by atoms with Crippen LogP contribution in [0.1, 0.15) is 26.2 Å². The van der Waals surface area contributed by atoms with Gasteiger partial charge in [0.15, 0.2) is 0 Å². The summed E-state index contributed by atoms with van der Waals surface area (Å²) in [5.41, 5.74) is 5.43. The molecule has 0 saturated heterocycles. The number of rotatable bonds is 25. The number of unbranched alkanes of at least 4 members (excludes halogenated alkanes) is 1. The van der Waals surface area contributed by atoms with Crippen molar-refractivity contribution < 1.29 is 42.9 Å². The lowest BCUT2D eigenvalue weighted by molar-refractivity contribution is -0.132. The summed E-state index contributed by atoms with van der Waals surface area (Å²) in [4.78, 5) is 57.7. The van der Waals surface area contributed by atoms with Crippen LogP contribution in [-0.2, 0) is 38.1 Å². The fraction of sp³-hybridized carbons (Fsp3) is 0.783. The lowest BCUT2D eigenvalue weighted by Gasteiger charge is -2.18. The summed E-state index contributed by atoms with van der Waals surface area (Å²) in [6.07, 6.45) is 1.52. The predicted molar refractivity (Wildman–Crippen MR) is 142 cm³/mol. The van der Waals surface area contributed by atoms with Gasteiger partial charge < -0.3 is 51.3 Å². The molecule has 0 saturated carbocycles. The molecule has 0 heterocycles. The molecule has 0 aliphatic carbocycles. The fourth-order valence-electron chi connectivity index (χ4n) is 2.87. The quantitative estimate of drug-likeness (QED) is 0.0395. The van der Waals surface area contributed by atoms with Crippen molar-refractivity contribution in [3.8, 4) is 0 Å². The van der Waals surface area contributed by atoms with E-state index in [1.165, 1.54) is 6.92 Å². The molecule has 0 rings (SSSR count). The van der Waals surface area contributed by atoms with Crippen molar-refractivity contribution in [2.45, 2.75) is 32.2 Å². The number of nitrogens with two attached hydrogens (primary N) is 1. The molecule has 7 N–H and O–H groups in total. The van der Waals surface area contributed by atoms with E-state index in [0.29, 0.717) is 45.6 Å². The number of carbonyl (C=O) groups excluding carboxylic acids is 5. The van der Waals surface area contributed by atoms with E-state index in [1.807, 2.05) is 0 Å². The summed E-state index contributed by atoms with van der Waals surface area (Å²) in [5.74, 6) is -1.21. The average molecular weight is 583 g/mol. The van der Waals surface area contributed by atoms with Gasteiger partial charge in [-0.25, -0.2) is 0 Å². The Kier molecular flexibility index (Phi) is 24.0. The van der Waals surface area contributed by atoms with Crippen molar-refractivity contribution in [3.05, 3.63) is 0 Å². The molecular weight excluding hydrogens is 540 g/mol. The largest absolute Gasteiger partial charge is 0.377 e. The highest BCUT2D eigenvalue weighted by molar-refractivity contribution is 6.62. The van der Waals surface area contributed by atoms with Gasteiger partial charge >= 0.3 is 5.37 Å². The third kappa shape index (κ3) is 25.5. The maximum Gasteiger partial charge on any atom is 0.313 e. The molecule has 39 heavy (non-hydrogen) atoms. The second-order valence-electron chi connectivity index (χ2n) is 8.06. The molecule has 1 unspecified atom stereocenters. The molecule has 16 heteroatoms. The number of hydrogen-bond acceptors (Lipinski definition) is 10. The van der Waals surface area contributed by atoms with Gasteiger partial charge in [-0.1, -0.05) is 0 Å². The highest BCUT2D eigenvalue weighted by Gasteiger charge is 2.20. The summed E-state index contributed by atoms with van der Waals surface area (Å²) in [6.45, 7) is 4.21. The van der Waals surface area contributed by atoms with Crippen molar-refractivity contribution >= 4 is 40.6 Å². The van der Waals surface area contributed by atoms with Crippen molar-refractivity contribution in [3.63, 3.8) is 0 Å². The molecule has 0 bridgehead atoms. The molecule has 0 aromatic heterocycles. The third-order valence-electron chi connectivity index (χ3n) is 4.68. The Morgan fingerprint density at radius 3 is 1.87 bits per heavy atom. The highest BCUT2D eigenvalue weighted by atomic mass is 35.5. The Bertz CT molecular complexity index is 718. The molecule has 0 spiro atoms. The summed E-state index contributed by atoms with van der Waals surface area (Å²) in [6, 6.07) is -0.771. The predicted octanol–water partition coefficient (Wildman–Crippen LogP) is -2.02. The van der Waals surface area contributed by atoms with Crippen LogP contribution in [0.4, 0.5) is 4.79 Å². The van der Waals surface area contributed by atoms with E-state index >= 15 is 0 Å². The molecule has 0 aromatic carbocycles. The van der Waals surface area contributed by atoms with Crippen molar-refractivity contribution in [1.82, 2.24) is 26.6 Å². The van der Waals surface area contributed by atoms with E-state index in [2.05, 4.69) is 26.6 Å². The molecule has 5 amide bonds. The molecule has 0 aromatic rings. The zero-order chi connectivity index (χ0) is 29.1. The number of nitrogens with one attached hydrogen (secondary N) is 5. The van der Waals surface area contributed by atoms with E-state index in [-0.39, 0.29) is 77.0 Å². The van der Waals surface area contributed by atoms with Crippen LogP contribution in [0.5, 0.6) is 0 Å². The Hall–Kier alpha value is -2.56. The van der Waals surface area contributed by atoms with E-state index < -0.39 is 17.3 Å². The monoisotopic (exact) mass is 582 g/mol. The van der Waals surface area contributed by atoms with Crippen LogP contribution in [0.15, 0.2) is 0 Å². The van der Waals surface area contributed by atoms with Gasteiger partial charge in [0, 0.05) is 39.6 Å². The van der Waals surface area contributed by atoms with Gasteiger partial charge in [-0.15, -0.1) is 0 Å². The summed E-state index contributed by atoms with van der Waals surface area (Å²) < 4.78 is 20.9. The molecule has 0 aliphatic rings.